The van der Waals surface area contributed by atoms with Crippen LogP contribution < -0.4 is 0 Å². The fourth-order valence-corrected chi connectivity index (χ4v) is 3.35. The van der Waals surface area contributed by atoms with Crippen molar-refractivity contribution in [2.24, 2.45) is 5.92 Å². The third-order valence-corrected chi connectivity index (χ3v) is 4.50. The number of hydrogen-bond acceptors (Lipinski definition) is 5. The first kappa shape index (κ1) is 14.2. The first-order valence-electron chi connectivity index (χ1n) is 6.47. The molecule has 2 unspecified atom stereocenters. The summed E-state index contributed by atoms with van der Waals surface area (Å²) in [4.78, 5) is 25.2. The van der Waals surface area contributed by atoms with Crippen molar-refractivity contribution in [3.05, 3.63) is 21.9 Å². The van der Waals surface area contributed by atoms with E-state index in [1.54, 1.807) is 6.07 Å². The Morgan fingerprint density at radius 2 is 2.26 bits per heavy atom. The van der Waals surface area contributed by atoms with E-state index in [-0.39, 0.29) is 30.2 Å². The van der Waals surface area contributed by atoms with Crippen LogP contribution in [0.2, 0.25) is 0 Å². The van der Waals surface area contributed by atoms with Gasteiger partial charge in [-0.3, -0.25) is 9.59 Å². The van der Waals surface area contributed by atoms with E-state index < -0.39 is 0 Å². The quantitative estimate of drug-likeness (QED) is 0.615. The second-order valence-electron chi connectivity index (χ2n) is 4.60. The maximum Gasteiger partial charge on any atom is 0.310 e. The van der Waals surface area contributed by atoms with Crippen molar-refractivity contribution in [2.75, 3.05) is 13.7 Å². The summed E-state index contributed by atoms with van der Waals surface area (Å²) >= 11 is 1.38. The third-order valence-electron chi connectivity index (χ3n) is 3.40. The summed E-state index contributed by atoms with van der Waals surface area (Å²) in [6.07, 6.45) is 1.92. The maximum absolute atomic E-state index is 12.4. The van der Waals surface area contributed by atoms with Gasteiger partial charge in [-0.25, -0.2) is 0 Å². The number of rotatable bonds is 5. The molecule has 5 heteroatoms. The molecule has 1 aliphatic rings. The number of carbonyl (C=O) groups is 2. The highest BCUT2D eigenvalue weighted by Gasteiger charge is 2.33. The van der Waals surface area contributed by atoms with Crippen LogP contribution in [0, 0.1) is 5.92 Å². The monoisotopic (exact) mass is 282 g/mol. The van der Waals surface area contributed by atoms with Gasteiger partial charge in [0, 0.05) is 11.5 Å². The molecule has 1 saturated heterocycles. The molecule has 0 saturated carbocycles. The van der Waals surface area contributed by atoms with Crippen molar-refractivity contribution in [3.63, 3.8) is 0 Å². The van der Waals surface area contributed by atoms with Crippen LogP contribution in [0.3, 0.4) is 0 Å². The molecular formula is C14H18O4S. The highest BCUT2D eigenvalue weighted by atomic mass is 32.1. The molecule has 0 aromatic carbocycles. The zero-order valence-electron chi connectivity index (χ0n) is 11.2. The first-order chi connectivity index (χ1) is 9.15. The molecular weight excluding hydrogens is 264 g/mol. The van der Waals surface area contributed by atoms with Crippen LogP contribution in [-0.4, -0.2) is 31.6 Å². The van der Waals surface area contributed by atoms with Gasteiger partial charge in [-0.15, -0.1) is 11.3 Å². The van der Waals surface area contributed by atoms with Crippen LogP contribution in [0.15, 0.2) is 12.1 Å². The van der Waals surface area contributed by atoms with Crippen LogP contribution >= 0.6 is 11.3 Å². The number of thiophene rings is 1. The fourth-order valence-electron chi connectivity index (χ4n) is 2.35. The van der Waals surface area contributed by atoms with Gasteiger partial charge < -0.3 is 9.47 Å². The van der Waals surface area contributed by atoms with E-state index in [9.17, 15) is 9.59 Å². The summed E-state index contributed by atoms with van der Waals surface area (Å²) in [5.74, 6) is -0.170. The molecule has 1 aromatic heterocycles. The van der Waals surface area contributed by atoms with E-state index in [4.69, 9.17) is 4.74 Å². The lowest BCUT2D eigenvalue weighted by Crippen LogP contribution is -2.23. The molecule has 4 nitrogen and oxygen atoms in total. The topological polar surface area (TPSA) is 52.6 Å². The molecule has 2 atom stereocenters. The predicted octanol–water partition coefficient (Wildman–Crippen LogP) is 2.46. The standard InChI is InChI=1S/C14H18O4S/c1-3-11-10(6-7-18-11)14(16)12-5-4-9(19-12)8-13(15)17-2/h4-5,10-11H,3,6-8H2,1-2H3. The van der Waals surface area contributed by atoms with Gasteiger partial charge in [0.05, 0.1) is 30.4 Å². The molecule has 19 heavy (non-hydrogen) atoms. The summed E-state index contributed by atoms with van der Waals surface area (Å²) in [7, 11) is 1.36. The van der Waals surface area contributed by atoms with E-state index in [0.29, 0.717) is 11.5 Å². The van der Waals surface area contributed by atoms with Crippen LogP contribution in [0.25, 0.3) is 0 Å². The SMILES string of the molecule is CCC1OCCC1C(=O)c1ccc(CC(=O)OC)s1. The number of methoxy groups -OCH3 is 1. The molecule has 104 valence electrons. The normalized spacial score (nSPS) is 22.4. The summed E-state index contributed by atoms with van der Waals surface area (Å²) in [5.41, 5.74) is 0. The summed E-state index contributed by atoms with van der Waals surface area (Å²) in [6, 6.07) is 3.63. The van der Waals surface area contributed by atoms with E-state index in [2.05, 4.69) is 4.74 Å². The lowest BCUT2D eigenvalue weighted by molar-refractivity contribution is -0.139. The average Bonchev–Trinajstić information content (AvgIpc) is 3.06. The first-order valence-corrected chi connectivity index (χ1v) is 7.28. The van der Waals surface area contributed by atoms with Crippen molar-refractivity contribution in [3.8, 4) is 0 Å². The average molecular weight is 282 g/mol. The molecule has 0 N–H and O–H groups in total. The highest BCUT2D eigenvalue weighted by molar-refractivity contribution is 7.14. The minimum atomic E-state index is -0.281. The predicted molar refractivity (Wildman–Crippen MR) is 72.5 cm³/mol. The van der Waals surface area contributed by atoms with Crippen molar-refractivity contribution in [2.45, 2.75) is 32.3 Å². The molecule has 0 bridgehead atoms. The van der Waals surface area contributed by atoms with E-state index >= 15 is 0 Å². The van der Waals surface area contributed by atoms with E-state index in [0.717, 1.165) is 17.7 Å². The van der Waals surface area contributed by atoms with Crippen LogP contribution in [0.5, 0.6) is 0 Å². The number of carbonyl (C=O) groups excluding carboxylic acids is 2. The van der Waals surface area contributed by atoms with Gasteiger partial charge in [0.1, 0.15) is 0 Å². The Hall–Kier alpha value is -1.20. The zero-order valence-corrected chi connectivity index (χ0v) is 12.0. The molecule has 0 aliphatic carbocycles. The van der Waals surface area contributed by atoms with Crippen LogP contribution in [-0.2, 0) is 20.7 Å². The second-order valence-corrected chi connectivity index (χ2v) is 5.76. The minimum Gasteiger partial charge on any atom is -0.469 e. The number of ketones is 1. The van der Waals surface area contributed by atoms with Gasteiger partial charge in [-0.05, 0) is 25.0 Å². The van der Waals surface area contributed by atoms with Gasteiger partial charge in [-0.1, -0.05) is 6.92 Å². The molecule has 1 aliphatic heterocycles. The molecule has 2 rings (SSSR count). The highest BCUT2D eigenvalue weighted by Crippen LogP contribution is 2.29. The van der Waals surface area contributed by atoms with Crippen molar-refractivity contribution < 1.29 is 19.1 Å². The Bertz CT molecular complexity index is 466. The summed E-state index contributed by atoms with van der Waals surface area (Å²) in [6.45, 7) is 2.70. The van der Waals surface area contributed by atoms with Crippen molar-refractivity contribution in [1.29, 1.82) is 0 Å². The smallest absolute Gasteiger partial charge is 0.310 e. The molecule has 2 heterocycles. The number of hydrogen-bond donors (Lipinski definition) is 0. The number of ether oxygens (including phenoxy) is 2. The Labute approximate surface area is 116 Å². The fraction of sp³-hybridized carbons (Fsp3) is 0.571. The van der Waals surface area contributed by atoms with Gasteiger partial charge >= 0.3 is 5.97 Å². The van der Waals surface area contributed by atoms with Crippen molar-refractivity contribution in [1.82, 2.24) is 0 Å². The van der Waals surface area contributed by atoms with Crippen LogP contribution in [0.1, 0.15) is 34.3 Å². The summed E-state index contributed by atoms with van der Waals surface area (Å²) in [5, 5.41) is 0. The number of esters is 1. The van der Waals surface area contributed by atoms with E-state index in [1.807, 2.05) is 13.0 Å². The maximum atomic E-state index is 12.4. The van der Waals surface area contributed by atoms with Gasteiger partial charge in [0.2, 0.25) is 0 Å². The Morgan fingerprint density at radius 3 is 2.95 bits per heavy atom. The molecule has 0 spiro atoms. The Morgan fingerprint density at radius 1 is 1.47 bits per heavy atom. The Balaban J connectivity index is 2.05. The Kier molecular flexibility index (Phi) is 4.71. The minimum absolute atomic E-state index is 0.0328. The van der Waals surface area contributed by atoms with Crippen LogP contribution in [0.4, 0.5) is 0 Å². The number of Topliss-reactive ketones (excluding diaryl/α,β-unsaturated/α-hetero) is 1. The zero-order chi connectivity index (χ0) is 13.8. The molecule has 1 aromatic rings. The molecule has 0 radical (unpaired) electrons. The van der Waals surface area contributed by atoms with Gasteiger partial charge in [0.15, 0.2) is 5.78 Å². The van der Waals surface area contributed by atoms with Gasteiger partial charge in [-0.2, -0.15) is 0 Å². The molecule has 1 fully saturated rings. The lowest BCUT2D eigenvalue weighted by Gasteiger charge is -2.14. The second kappa shape index (κ2) is 6.30. The largest absolute Gasteiger partial charge is 0.469 e. The molecule has 0 amide bonds. The van der Waals surface area contributed by atoms with E-state index in [1.165, 1.54) is 18.4 Å². The summed E-state index contributed by atoms with van der Waals surface area (Å²) < 4.78 is 10.2. The van der Waals surface area contributed by atoms with Crippen molar-refractivity contribution >= 4 is 23.1 Å². The van der Waals surface area contributed by atoms with Gasteiger partial charge in [0.25, 0.3) is 0 Å². The third kappa shape index (κ3) is 3.22. The lowest BCUT2D eigenvalue weighted by atomic mass is 9.94.